The van der Waals surface area contributed by atoms with Gasteiger partial charge in [-0.15, -0.1) is 0 Å². The molecule has 11 heavy (non-hydrogen) atoms. The monoisotopic (exact) mass is 174 g/mol. The van der Waals surface area contributed by atoms with E-state index in [0.717, 1.165) is 12.2 Å². The fourth-order valence-corrected chi connectivity index (χ4v) is 2.10. The summed E-state index contributed by atoms with van der Waals surface area (Å²) in [4.78, 5) is 12.7. The molecule has 1 N–H and O–H groups in total. The molecule has 1 rings (SSSR count). The summed E-state index contributed by atoms with van der Waals surface area (Å²) >= 11 is 1.90. The van der Waals surface area contributed by atoms with Crippen LogP contribution in [0.5, 0.6) is 0 Å². The summed E-state index contributed by atoms with van der Waals surface area (Å²) in [7, 11) is 3.52. The van der Waals surface area contributed by atoms with Gasteiger partial charge in [-0.3, -0.25) is 0 Å². The van der Waals surface area contributed by atoms with Crippen LogP contribution in [0.2, 0.25) is 0 Å². The number of amides is 2. The Morgan fingerprint density at radius 2 is 2.36 bits per heavy atom. The third kappa shape index (κ3) is 2.61. The van der Waals surface area contributed by atoms with Gasteiger partial charge in [0.05, 0.1) is 0 Å². The van der Waals surface area contributed by atoms with E-state index in [-0.39, 0.29) is 6.03 Å². The van der Waals surface area contributed by atoms with Crippen molar-refractivity contribution in [3.8, 4) is 0 Å². The lowest BCUT2D eigenvalue weighted by Crippen LogP contribution is -2.41. The van der Waals surface area contributed by atoms with E-state index in [1.165, 1.54) is 5.75 Å². The van der Waals surface area contributed by atoms with Gasteiger partial charge in [-0.1, -0.05) is 0 Å². The van der Waals surface area contributed by atoms with Crippen molar-refractivity contribution in [2.24, 2.45) is 0 Å². The first-order chi connectivity index (χ1) is 5.20. The zero-order valence-corrected chi connectivity index (χ0v) is 7.78. The third-order valence-electron chi connectivity index (χ3n) is 1.66. The molecule has 0 aromatic rings. The number of nitrogens with zero attached hydrogens (tertiary/aromatic N) is 1. The minimum Gasteiger partial charge on any atom is -0.334 e. The maximum atomic E-state index is 11.1. The number of urea groups is 1. The molecule has 0 radical (unpaired) electrons. The molecule has 1 saturated heterocycles. The lowest BCUT2D eigenvalue weighted by atomic mass is 10.3. The van der Waals surface area contributed by atoms with E-state index in [9.17, 15) is 4.79 Å². The second kappa shape index (κ2) is 3.85. The topological polar surface area (TPSA) is 32.3 Å². The summed E-state index contributed by atoms with van der Waals surface area (Å²) in [6.45, 7) is 0. The SMILES string of the molecule is CN(C)C(=O)NC1CCSC1. The molecule has 4 heteroatoms. The van der Waals surface area contributed by atoms with Gasteiger partial charge in [0, 0.05) is 25.9 Å². The van der Waals surface area contributed by atoms with E-state index in [2.05, 4.69) is 5.32 Å². The van der Waals surface area contributed by atoms with Gasteiger partial charge in [0.1, 0.15) is 0 Å². The number of nitrogens with one attached hydrogen (secondary N) is 1. The smallest absolute Gasteiger partial charge is 0.317 e. The zero-order valence-electron chi connectivity index (χ0n) is 6.96. The van der Waals surface area contributed by atoms with Crippen LogP contribution in [0.3, 0.4) is 0 Å². The average Bonchev–Trinajstić information content (AvgIpc) is 2.39. The Morgan fingerprint density at radius 3 is 2.82 bits per heavy atom. The number of thioether (sulfide) groups is 1. The van der Waals surface area contributed by atoms with E-state index in [1.54, 1.807) is 19.0 Å². The second-order valence-corrected chi connectivity index (χ2v) is 4.05. The summed E-state index contributed by atoms with van der Waals surface area (Å²) in [5.41, 5.74) is 0. The summed E-state index contributed by atoms with van der Waals surface area (Å²) < 4.78 is 0. The predicted molar refractivity (Wildman–Crippen MR) is 47.9 cm³/mol. The highest BCUT2D eigenvalue weighted by atomic mass is 32.2. The lowest BCUT2D eigenvalue weighted by molar-refractivity contribution is 0.214. The highest BCUT2D eigenvalue weighted by Gasteiger charge is 2.17. The maximum absolute atomic E-state index is 11.1. The van der Waals surface area contributed by atoms with Crippen molar-refractivity contribution in [3.63, 3.8) is 0 Å². The van der Waals surface area contributed by atoms with Crippen molar-refractivity contribution in [1.29, 1.82) is 0 Å². The van der Waals surface area contributed by atoms with Crippen LogP contribution in [0.25, 0.3) is 0 Å². The van der Waals surface area contributed by atoms with Crippen molar-refractivity contribution in [3.05, 3.63) is 0 Å². The van der Waals surface area contributed by atoms with Crippen LogP contribution >= 0.6 is 11.8 Å². The van der Waals surface area contributed by atoms with Gasteiger partial charge in [0.2, 0.25) is 0 Å². The van der Waals surface area contributed by atoms with Crippen LogP contribution in [0.4, 0.5) is 4.79 Å². The number of carbonyl (C=O) groups excluding carboxylic acids is 1. The molecule has 0 saturated carbocycles. The molecular weight excluding hydrogens is 160 g/mol. The van der Waals surface area contributed by atoms with Gasteiger partial charge >= 0.3 is 6.03 Å². The minimum atomic E-state index is 0.0255. The van der Waals surface area contributed by atoms with Crippen LogP contribution in [0.15, 0.2) is 0 Å². The molecule has 1 aliphatic rings. The van der Waals surface area contributed by atoms with Crippen LogP contribution in [-0.2, 0) is 0 Å². The van der Waals surface area contributed by atoms with E-state index < -0.39 is 0 Å². The summed E-state index contributed by atoms with van der Waals surface area (Å²) in [5, 5.41) is 2.94. The molecule has 0 aliphatic carbocycles. The van der Waals surface area contributed by atoms with Crippen molar-refractivity contribution in [1.82, 2.24) is 10.2 Å². The molecule has 1 heterocycles. The van der Waals surface area contributed by atoms with Crippen molar-refractivity contribution in [2.45, 2.75) is 12.5 Å². The molecular formula is C7H14N2OS. The van der Waals surface area contributed by atoms with E-state index in [1.807, 2.05) is 11.8 Å². The van der Waals surface area contributed by atoms with Gasteiger partial charge in [-0.25, -0.2) is 4.79 Å². The number of rotatable bonds is 1. The Hall–Kier alpha value is -0.380. The highest BCUT2D eigenvalue weighted by Crippen LogP contribution is 2.16. The molecule has 1 atom stereocenters. The Bertz CT molecular complexity index is 143. The maximum Gasteiger partial charge on any atom is 0.317 e. The van der Waals surface area contributed by atoms with Gasteiger partial charge < -0.3 is 10.2 Å². The van der Waals surface area contributed by atoms with Gasteiger partial charge in [0.25, 0.3) is 0 Å². The van der Waals surface area contributed by atoms with Crippen LogP contribution in [0, 0.1) is 0 Å². The lowest BCUT2D eigenvalue weighted by Gasteiger charge is -2.15. The van der Waals surface area contributed by atoms with Gasteiger partial charge in [-0.05, 0) is 12.2 Å². The fourth-order valence-electron chi connectivity index (χ4n) is 0.952. The quantitative estimate of drug-likeness (QED) is 0.636. The minimum absolute atomic E-state index is 0.0255. The van der Waals surface area contributed by atoms with E-state index >= 15 is 0 Å². The molecule has 0 aromatic carbocycles. The van der Waals surface area contributed by atoms with Crippen molar-refractivity contribution < 1.29 is 4.79 Å². The van der Waals surface area contributed by atoms with E-state index in [4.69, 9.17) is 0 Å². The Morgan fingerprint density at radius 1 is 1.64 bits per heavy atom. The second-order valence-electron chi connectivity index (χ2n) is 2.90. The standard InChI is InChI=1S/C7H14N2OS/c1-9(2)7(10)8-6-3-4-11-5-6/h6H,3-5H2,1-2H3,(H,8,10). The molecule has 1 unspecified atom stereocenters. The first-order valence-corrected chi connectivity index (χ1v) is 4.91. The summed E-state index contributed by atoms with van der Waals surface area (Å²) in [5.74, 6) is 2.25. The largest absolute Gasteiger partial charge is 0.334 e. The number of carbonyl (C=O) groups is 1. The molecule has 1 aliphatic heterocycles. The highest BCUT2D eigenvalue weighted by molar-refractivity contribution is 7.99. The summed E-state index contributed by atoms with van der Waals surface area (Å²) in [6, 6.07) is 0.424. The van der Waals surface area contributed by atoms with Gasteiger partial charge in [0.15, 0.2) is 0 Å². The Kier molecular flexibility index (Phi) is 3.05. The Labute approximate surface area is 71.5 Å². The molecule has 64 valence electrons. The molecule has 0 spiro atoms. The first kappa shape index (κ1) is 8.71. The van der Waals surface area contributed by atoms with Crippen LogP contribution in [-0.4, -0.2) is 42.6 Å². The van der Waals surface area contributed by atoms with E-state index in [0.29, 0.717) is 6.04 Å². The zero-order chi connectivity index (χ0) is 8.27. The first-order valence-electron chi connectivity index (χ1n) is 3.75. The number of hydrogen-bond donors (Lipinski definition) is 1. The summed E-state index contributed by atoms with van der Waals surface area (Å²) in [6.07, 6.45) is 1.12. The normalized spacial score (nSPS) is 23.3. The fraction of sp³-hybridized carbons (Fsp3) is 0.857. The molecule has 3 nitrogen and oxygen atoms in total. The molecule has 0 aromatic heterocycles. The van der Waals surface area contributed by atoms with Gasteiger partial charge in [-0.2, -0.15) is 11.8 Å². The van der Waals surface area contributed by atoms with Crippen LogP contribution < -0.4 is 5.32 Å². The predicted octanol–water partition coefficient (Wildman–Crippen LogP) is 0.763. The average molecular weight is 174 g/mol. The number of hydrogen-bond acceptors (Lipinski definition) is 2. The molecule has 1 fully saturated rings. The Balaban J connectivity index is 2.24. The molecule has 0 bridgehead atoms. The van der Waals surface area contributed by atoms with Crippen LogP contribution in [0.1, 0.15) is 6.42 Å². The third-order valence-corrected chi connectivity index (χ3v) is 2.83. The molecule has 2 amide bonds. The van der Waals surface area contributed by atoms with Crippen molar-refractivity contribution >= 4 is 17.8 Å². The van der Waals surface area contributed by atoms with Crippen molar-refractivity contribution in [2.75, 3.05) is 25.6 Å².